The molecule has 76 valence electrons. The zero-order chi connectivity index (χ0) is 10.7. The first-order chi connectivity index (χ1) is 6.68. The Bertz CT molecular complexity index is 361. The van der Waals surface area contributed by atoms with E-state index in [1.807, 2.05) is 32.9 Å². The highest BCUT2D eigenvalue weighted by Crippen LogP contribution is 2.25. The van der Waals surface area contributed by atoms with Gasteiger partial charge in [0.15, 0.2) is 0 Å². The lowest BCUT2D eigenvalue weighted by Crippen LogP contribution is -2.12. The number of carbonyl (C=O) groups excluding carboxylic acids is 1. The van der Waals surface area contributed by atoms with Crippen LogP contribution in [0.25, 0.3) is 0 Å². The van der Waals surface area contributed by atoms with Crippen LogP contribution in [0.4, 0.5) is 0 Å². The van der Waals surface area contributed by atoms with Crippen LogP contribution in [0.2, 0.25) is 5.02 Å². The zero-order valence-electron chi connectivity index (χ0n) is 8.65. The molecule has 3 heteroatoms. The van der Waals surface area contributed by atoms with Crippen molar-refractivity contribution in [1.82, 2.24) is 5.32 Å². The second kappa shape index (κ2) is 4.47. The van der Waals surface area contributed by atoms with Crippen LogP contribution in [0.3, 0.4) is 0 Å². The summed E-state index contributed by atoms with van der Waals surface area (Å²) in [7, 11) is 0. The van der Waals surface area contributed by atoms with Crippen molar-refractivity contribution >= 4 is 17.5 Å². The molecule has 1 aromatic carbocycles. The summed E-state index contributed by atoms with van der Waals surface area (Å²) in [6.45, 7) is 6.57. The van der Waals surface area contributed by atoms with Crippen LogP contribution < -0.4 is 5.32 Å². The summed E-state index contributed by atoms with van der Waals surface area (Å²) in [5.74, 6) is -0.0602. The number of carbonyl (C=O) groups is 1. The first-order valence-corrected chi connectivity index (χ1v) is 5.13. The van der Waals surface area contributed by atoms with Gasteiger partial charge in [0.05, 0.1) is 10.6 Å². The summed E-state index contributed by atoms with van der Waals surface area (Å²) in [4.78, 5) is 11.2. The third kappa shape index (κ3) is 1.90. The Kier molecular flexibility index (Phi) is 3.53. The van der Waals surface area contributed by atoms with Crippen molar-refractivity contribution in [3.8, 4) is 0 Å². The smallest absolute Gasteiger partial charge is 0.253 e. The van der Waals surface area contributed by atoms with Crippen molar-refractivity contribution in [2.75, 3.05) is 0 Å². The normalized spacial score (nSPS) is 12.7. The monoisotopic (exact) mass is 211 g/mol. The Morgan fingerprint density at radius 2 is 2.00 bits per heavy atom. The minimum atomic E-state index is -0.0602. The largest absolute Gasteiger partial charge is 0.348 e. The molecule has 0 aromatic heterocycles. The predicted molar refractivity (Wildman–Crippen MR) is 58.7 cm³/mol. The fourth-order valence-electron chi connectivity index (χ4n) is 1.47. The molecule has 1 aromatic rings. The molecule has 2 rings (SSSR count). The van der Waals surface area contributed by atoms with E-state index in [-0.39, 0.29) is 5.91 Å². The average molecular weight is 212 g/mol. The van der Waals surface area contributed by atoms with E-state index in [9.17, 15) is 4.79 Å². The van der Waals surface area contributed by atoms with E-state index in [2.05, 4.69) is 5.32 Å². The van der Waals surface area contributed by atoms with E-state index in [0.717, 1.165) is 11.1 Å². The number of amides is 1. The molecule has 14 heavy (non-hydrogen) atoms. The number of fused-ring (bicyclic) bond motifs is 1. The Morgan fingerprint density at radius 1 is 1.36 bits per heavy atom. The van der Waals surface area contributed by atoms with E-state index in [1.54, 1.807) is 0 Å². The Balaban J connectivity index is 0.000000461. The minimum absolute atomic E-state index is 0.0602. The van der Waals surface area contributed by atoms with Crippen LogP contribution in [-0.2, 0) is 6.54 Å². The van der Waals surface area contributed by atoms with Crippen LogP contribution in [0.1, 0.15) is 35.3 Å². The maximum absolute atomic E-state index is 11.2. The summed E-state index contributed by atoms with van der Waals surface area (Å²) in [5, 5.41) is 3.29. The zero-order valence-corrected chi connectivity index (χ0v) is 9.40. The number of hydrogen-bond donors (Lipinski definition) is 1. The fraction of sp³-hybridized carbons (Fsp3) is 0.364. The highest BCUT2D eigenvalue weighted by molar-refractivity contribution is 6.34. The molecule has 0 radical (unpaired) electrons. The molecule has 0 spiro atoms. The number of halogens is 1. The molecule has 1 amide bonds. The maximum Gasteiger partial charge on any atom is 0.253 e. The van der Waals surface area contributed by atoms with E-state index >= 15 is 0 Å². The minimum Gasteiger partial charge on any atom is -0.348 e. The number of benzene rings is 1. The van der Waals surface area contributed by atoms with Crippen molar-refractivity contribution in [3.05, 3.63) is 33.8 Å². The van der Waals surface area contributed by atoms with Crippen LogP contribution in [0.5, 0.6) is 0 Å². The van der Waals surface area contributed by atoms with Crippen LogP contribution >= 0.6 is 11.6 Å². The van der Waals surface area contributed by atoms with Crippen molar-refractivity contribution in [3.63, 3.8) is 0 Å². The molecular weight excluding hydrogens is 198 g/mol. The van der Waals surface area contributed by atoms with Crippen molar-refractivity contribution < 1.29 is 4.79 Å². The molecule has 1 aliphatic heterocycles. The van der Waals surface area contributed by atoms with Gasteiger partial charge in [0, 0.05) is 6.54 Å². The molecule has 1 aliphatic rings. The maximum atomic E-state index is 11.2. The molecule has 0 bridgehead atoms. The molecule has 0 saturated heterocycles. The van der Waals surface area contributed by atoms with Crippen LogP contribution in [0.15, 0.2) is 12.1 Å². The van der Waals surface area contributed by atoms with E-state index < -0.39 is 0 Å². The molecule has 1 N–H and O–H groups in total. The predicted octanol–water partition coefficient (Wildman–Crippen LogP) is 2.92. The third-order valence-corrected chi connectivity index (χ3v) is 2.28. The summed E-state index contributed by atoms with van der Waals surface area (Å²) in [6, 6.07) is 3.80. The van der Waals surface area contributed by atoms with Crippen LogP contribution in [-0.4, -0.2) is 5.91 Å². The third-order valence-electron chi connectivity index (χ3n) is 1.98. The van der Waals surface area contributed by atoms with Gasteiger partial charge in [0.25, 0.3) is 5.91 Å². The lowest BCUT2D eigenvalue weighted by atomic mass is 10.1. The number of hydrogen-bond acceptors (Lipinski definition) is 1. The van der Waals surface area contributed by atoms with E-state index in [1.165, 1.54) is 0 Å². The summed E-state index contributed by atoms with van der Waals surface area (Å²) < 4.78 is 0. The van der Waals surface area contributed by atoms with Crippen molar-refractivity contribution in [2.24, 2.45) is 0 Å². The van der Waals surface area contributed by atoms with Gasteiger partial charge >= 0.3 is 0 Å². The topological polar surface area (TPSA) is 29.1 Å². The van der Waals surface area contributed by atoms with Gasteiger partial charge in [-0.3, -0.25) is 4.79 Å². The second-order valence-corrected chi connectivity index (χ2v) is 3.37. The molecular formula is C11H14ClNO. The van der Waals surface area contributed by atoms with Gasteiger partial charge in [0.2, 0.25) is 0 Å². The van der Waals surface area contributed by atoms with Gasteiger partial charge < -0.3 is 5.32 Å². The number of aryl methyl sites for hydroxylation is 1. The van der Waals surface area contributed by atoms with E-state index in [0.29, 0.717) is 17.1 Å². The molecule has 1 heterocycles. The second-order valence-electron chi connectivity index (χ2n) is 2.96. The SMILES string of the molecule is CC.Cc1cc(Cl)c2c(c1)CNC2=O. The summed E-state index contributed by atoms with van der Waals surface area (Å²) >= 11 is 5.91. The van der Waals surface area contributed by atoms with Gasteiger partial charge in [-0.05, 0) is 24.1 Å². The van der Waals surface area contributed by atoms with Gasteiger partial charge in [-0.15, -0.1) is 0 Å². The first kappa shape index (κ1) is 11.1. The van der Waals surface area contributed by atoms with Gasteiger partial charge in [-0.25, -0.2) is 0 Å². The molecule has 0 aliphatic carbocycles. The van der Waals surface area contributed by atoms with Crippen LogP contribution in [0, 0.1) is 6.92 Å². The Hall–Kier alpha value is -1.02. The summed E-state index contributed by atoms with van der Waals surface area (Å²) in [5.41, 5.74) is 2.74. The van der Waals surface area contributed by atoms with Gasteiger partial charge in [-0.2, -0.15) is 0 Å². The Morgan fingerprint density at radius 3 is 2.64 bits per heavy atom. The van der Waals surface area contributed by atoms with Crippen molar-refractivity contribution in [2.45, 2.75) is 27.3 Å². The fourth-order valence-corrected chi connectivity index (χ4v) is 1.85. The molecule has 0 atom stereocenters. The molecule has 0 saturated carbocycles. The number of nitrogens with one attached hydrogen (secondary N) is 1. The lowest BCUT2D eigenvalue weighted by molar-refractivity contribution is 0.0966. The molecule has 0 unspecified atom stereocenters. The highest BCUT2D eigenvalue weighted by atomic mass is 35.5. The number of rotatable bonds is 0. The quantitative estimate of drug-likeness (QED) is 0.703. The van der Waals surface area contributed by atoms with Gasteiger partial charge in [0.1, 0.15) is 0 Å². The molecule has 0 fully saturated rings. The average Bonchev–Trinajstić information content (AvgIpc) is 2.51. The lowest BCUT2D eigenvalue weighted by Gasteiger charge is -2.00. The highest BCUT2D eigenvalue weighted by Gasteiger charge is 2.21. The molecule has 2 nitrogen and oxygen atoms in total. The standard InChI is InChI=1S/C9H8ClNO.C2H6/c1-5-2-6-4-11-9(12)8(6)7(10)3-5;1-2/h2-3H,4H2,1H3,(H,11,12);1-2H3. The van der Waals surface area contributed by atoms with Gasteiger partial charge in [-0.1, -0.05) is 31.5 Å². The first-order valence-electron chi connectivity index (χ1n) is 4.75. The van der Waals surface area contributed by atoms with E-state index in [4.69, 9.17) is 11.6 Å². The summed E-state index contributed by atoms with van der Waals surface area (Å²) in [6.07, 6.45) is 0. The Labute approximate surface area is 89.3 Å². The van der Waals surface area contributed by atoms with Crippen molar-refractivity contribution in [1.29, 1.82) is 0 Å².